The van der Waals surface area contributed by atoms with Crippen LogP contribution in [0.15, 0.2) is 29.1 Å². The number of thiophene rings is 1. The molecule has 2 heterocycles. The summed E-state index contributed by atoms with van der Waals surface area (Å²) < 4.78 is 1.29. The van der Waals surface area contributed by atoms with Gasteiger partial charge in [-0.15, -0.1) is 11.3 Å². The molecule has 0 spiro atoms. The van der Waals surface area contributed by atoms with E-state index in [0.717, 1.165) is 16.0 Å². The van der Waals surface area contributed by atoms with Crippen LogP contribution in [0.4, 0.5) is 0 Å². The van der Waals surface area contributed by atoms with E-state index in [2.05, 4.69) is 4.98 Å². The standard InChI is InChI=1S/C18H17ClN2O3S/c1-9-11(3)25-16-15(9)17(22)21(10(2)18(23)24)14(20-16)8-12-4-6-13(19)7-5-12/h4-7,10H,8H2,1-3H3,(H,23,24). The molecule has 0 aliphatic rings. The second-order valence-corrected chi connectivity index (χ2v) is 7.62. The van der Waals surface area contributed by atoms with Gasteiger partial charge in [0.2, 0.25) is 0 Å². The number of nitrogens with zero attached hydrogens (tertiary/aromatic N) is 2. The second kappa shape index (κ2) is 6.61. The van der Waals surface area contributed by atoms with Crippen LogP contribution in [0, 0.1) is 13.8 Å². The van der Waals surface area contributed by atoms with Gasteiger partial charge in [-0.1, -0.05) is 23.7 Å². The highest BCUT2D eigenvalue weighted by Gasteiger charge is 2.23. The molecule has 0 bridgehead atoms. The highest BCUT2D eigenvalue weighted by atomic mass is 35.5. The number of aromatic nitrogens is 2. The van der Waals surface area contributed by atoms with Crippen LogP contribution >= 0.6 is 22.9 Å². The number of halogens is 1. The van der Waals surface area contributed by atoms with Crippen molar-refractivity contribution in [2.75, 3.05) is 0 Å². The summed E-state index contributed by atoms with van der Waals surface area (Å²) in [6, 6.07) is 6.22. The van der Waals surface area contributed by atoms with Crippen LogP contribution in [0.2, 0.25) is 5.02 Å². The molecule has 3 rings (SSSR count). The largest absolute Gasteiger partial charge is 0.480 e. The molecule has 0 aliphatic heterocycles. The number of fused-ring (bicyclic) bond motifs is 1. The molecule has 130 valence electrons. The minimum atomic E-state index is -1.06. The fourth-order valence-corrected chi connectivity index (χ4v) is 3.93. The molecule has 25 heavy (non-hydrogen) atoms. The summed E-state index contributed by atoms with van der Waals surface area (Å²) in [7, 11) is 0. The Labute approximate surface area is 153 Å². The van der Waals surface area contributed by atoms with E-state index in [0.29, 0.717) is 27.5 Å². The van der Waals surface area contributed by atoms with E-state index in [4.69, 9.17) is 11.6 Å². The van der Waals surface area contributed by atoms with E-state index in [1.807, 2.05) is 26.0 Å². The smallest absolute Gasteiger partial charge is 0.326 e. The average molecular weight is 377 g/mol. The van der Waals surface area contributed by atoms with Crippen molar-refractivity contribution >= 4 is 39.1 Å². The molecule has 0 fully saturated rings. The normalized spacial score (nSPS) is 12.5. The highest BCUT2D eigenvalue weighted by molar-refractivity contribution is 7.18. The molecular formula is C18H17ClN2O3S. The van der Waals surface area contributed by atoms with Crippen molar-refractivity contribution < 1.29 is 9.90 Å². The number of carbonyl (C=O) groups is 1. The summed E-state index contributed by atoms with van der Waals surface area (Å²) in [5.74, 6) is -0.624. The fraction of sp³-hybridized carbons (Fsp3) is 0.278. The van der Waals surface area contributed by atoms with E-state index >= 15 is 0 Å². The van der Waals surface area contributed by atoms with Gasteiger partial charge in [-0.2, -0.15) is 0 Å². The van der Waals surface area contributed by atoms with E-state index in [1.165, 1.54) is 22.8 Å². The van der Waals surface area contributed by atoms with Crippen molar-refractivity contribution in [3.05, 3.63) is 61.5 Å². The topological polar surface area (TPSA) is 72.2 Å². The molecule has 5 nitrogen and oxygen atoms in total. The minimum Gasteiger partial charge on any atom is -0.480 e. The van der Waals surface area contributed by atoms with E-state index in [1.54, 1.807) is 12.1 Å². The van der Waals surface area contributed by atoms with Crippen LogP contribution in [0.5, 0.6) is 0 Å². The summed E-state index contributed by atoms with van der Waals surface area (Å²) in [4.78, 5) is 30.8. The average Bonchev–Trinajstić information content (AvgIpc) is 2.84. The quantitative estimate of drug-likeness (QED) is 0.747. The van der Waals surface area contributed by atoms with Gasteiger partial charge in [0, 0.05) is 16.3 Å². The zero-order valence-corrected chi connectivity index (χ0v) is 15.6. The Balaban J connectivity index is 2.24. The maximum Gasteiger partial charge on any atom is 0.326 e. The molecule has 0 aliphatic carbocycles. The van der Waals surface area contributed by atoms with Gasteiger partial charge < -0.3 is 5.11 Å². The van der Waals surface area contributed by atoms with Crippen LogP contribution in [0.1, 0.15) is 34.8 Å². The maximum atomic E-state index is 13.0. The third kappa shape index (κ3) is 3.19. The summed E-state index contributed by atoms with van der Waals surface area (Å²) in [5, 5.41) is 10.6. The molecule has 3 aromatic rings. The first-order chi connectivity index (χ1) is 11.8. The van der Waals surface area contributed by atoms with Gasteiger partial charge in [-0.05, 0) is 44.0 Å². The maximum absolute atomic E-state index is 13.0. The Bertz CT molecular complexity index is 1020. The molecule has 0 saturated carbocycles. The van der Waals surface area contributed by atoms with Crippen molar-refractivity contribution in [3.63, 3.8) is 0 Å². The van der Waals surface area contributed by atoms with Crippen molar-refractivity contribution in [3.8, 4) is 0 Å². The first-order valence-corrected chi connectivity index (χ1v) is 8.97. The summed E-state index contributed by atoms with van der Waals surface area (Å²) in [6.45, 7) is 5.30. The van der Waals surface area contributed by atoms with E-state index < -0.39 is 12.0 Å². The van der Waals surface area contributed by atoms with Crippen molar-refractivity contribution in [2.45, 2.75) is 33.2 Å². The molecule has 0 amide bonds. The first kappa shape index (κ1) is 17.6. The Morgan fingerprint density at radius 2 is 1.96 bits per heavy atom. The lowest BCUT2D eigenvalue weighted by atomic mass is 10.1. The number of rotatable bonds is 4. The Hall–Kier alpha value is -2.18. The Morgan fingerprint density at radius 3 is 2.56 bits per heavy atom. The number of hydrogen-bond acceptors (Lipinski definition) is 4. The van der Waals surface area contributed by atoms with Crippen molar-refractivity contribution in [1.82, 2.24) is 9.55 Å². The van der Waals surface area contributed by atoms with Crippen LogP contribution < -0.4 is 5.56 Å². The van der Waals surface area contributed by atoms with Gasteiger partial charge in [-0.3, -0.25) is 9.36 Å². The molecule has 0 saturated heterocycles. The van der Waals surface area contributed by atoms with Crippen molar-refractivity contribution in [2.24, 2.45) is 0 Å². The lowest BCUT2D eigenvalue weighted by Gasteiger charge is -2.16. The monoisotopic (exact) mass is 376 g/mol. The molecular weight excluding hydrogens is 360 g/mol. The number of carboxylic acids is 1. The Kier molecular flexibility index (Phi) is 4.67. The number of aryl methyl sites for hydroxylation is 2. The van der Waals surface area contributed by atoms with Crippen molar-refractivity contribution in [1.29, 1.82) is 0 Å². The van der Waals surface area contributed by atoms with Gasteiger partial charge in [0.05, 0.1) is 5.39 Å². The lowest BCUT2D eigenvalue weighted by molar-refractivity contribution is -0.140. The van der Waals surface area contributed by atoms with E-state index in [9.17, 15) is 14.7 Å². The fourth-order valence-electron chi connectivity index (χ4n) is 2.77. The van der Waals surface area contributed by atoms with Gasteiger partial charge in [0.1, 0.15) is 16.7 Å². The molecule has 1 atom stereocenters. The van der Waals surface area contributed by atoms with Crippen LogP contribution in [0.3, 0.4) is 0 Å². The predicted molar refractivity (Wildman–Crippen MR) is 100.0 cm³/mol. The number of hydrogen-bond donors (Lipinski definition) is 1. The third-order valence-electron chi connectivity index (χ3n) is 4.33. The SMILES string of the molecule is Cc1sc2nc(Cc3ccc(Cl)cc3)n(C(C)C(=O)O)c(=O)c2c1C. The molecule has 7 heteroatoms. The highest BCUT2D eigenvalue weighted by Crippen LogP contribution is 2.27. The zero-order chi connectivity index (χ0) is 18.3. The number of carboxylic acid groups (broad SMARTS) is 1. The van der Waals surface area contributed by atoms with Gasteiger partial charge in [0.15, 0.2) is 0 Å². The third-order valence-corrected chi connectivity index (χ3v) is 5.68. The summed E-state index contributed by atoms with van der Waals surface area (Å²) in [6.07, 6.45) is 0.357. The summed E-state index contributed by atoms with van der Waals surface area (Å²) >= 11 is 7.37. The van der Waals surface area contributed by atoms with Crippen LogP contribution in [-0.4, -0.2) is 20.6 Å². The summed E-state index contributed by atoms with van der Waals surface area (Å²) in [5.41, 5.74) is 1.47. The second-order valence-electron chi connectivity index (χ2n) is 5.98. The number of aliphatic carboxylic acids is 1. The van der Waals surface area contributed by atoms with E-state index in [-0.39, 0.29) is 5.56 Å². The lowest BCUT2D eigenvalue weighted by Crippen LogP contribution is -2.32. The zero-order valence-electron chi connectivity index (χ0n) is 14.0. The Morgan fingerprint density at radius 1 is 1.32 bits per heavy atom. The molecule has 0 radical (unpaired) electrons. The van der Waals surface area contributed by atoms with Crippen LogP contribution in [0.25, 0.3) is 10.2 Å². The van der Waals surface area contributed by atoms with Crippen LogP contribution in [-0.2, 0) is 11.2 Å². The minimum absolute atomic E-state index is 0.300. The van der Waals surface area contributed by atoms with Gasteiger partial charge in [-0.25, -0.2) is 9.78 Å². The molecule has 1 aromatic carbocycles. The predicted octanol–water partition coefficient (Wildman–Crippen LogP) is 3.96. The van der Waals surface area contributed by atoms with Gasteiger partial charge in [0.25, 0.3) is 5.56 Å². The molecule has 1 N–H and O–H groups in total. The number of benzene rings is 1. The van der Waals surface area contributed by atoms with Gasteiger partial charge >= 0.3 is 5.97 Å². The first-order valence-electron chi connectivity index (χ1n) is 7.78. The molecule has 1 unspecified atom stereocenters. The molecule has 2 aromatic heterocycles.